The first-order chi connectivity index (χ1) is 11.5. The standard InChI is InChI=1S/C19H21NO4/c1-12-3-4-14(13(2)9-12)10-18-19(23)20(7-8-21)16-6-5-15(22)11-17(16)24-18/h3-6,9,11,18,21-22H,7-8,10H2,1-2H3. The molecule has 24 heavy (non-hydrogen) atoms. The molecule has 126 valence electrons. The molecule has 1 heterocycles. The molecular formula is C19H21NO4. The van der Waals surface area contributed by atoms with E-state index in [9.17, 15) is 15.0 Å². The van der Waals surface area contributed by atoms with E-state index in [-0.39, 0.29) is 24.8 Å². The minimum absolute atomic E-state index is 0.0808. The highest BCUT2D eigenvalue weighted by molar-refractivity contribution is 6.00. The summed E-state index contributed by atoms with van der Waals surface area (Å²) in [7, 11) is 0. The number of aliphatic hydroxyl groups is 1. The van der Waals surface area contributed by atoms with Crippen molar-refractivity contribution in [3.05, 3.63) is 53.1 Å². The van der Waals surface area contributed by atoms with E-state index in [1.807, 2.05) is 26.0 Å². The zero-order valence-corrected chi connectivity index (χ0v) is 13.8. The summed E-state index contributed by atoms with van der Waals surface area (Å²) in [5.74, 6) is 0.359. The second-order valence-corrected chi connectivity index (χ2v) is 6.11. The number of fused-ring (bicyclic) bond motifs is 1. The average Bonchev–Trinajstić information content (AvgIpc) is 2.53. The molecule has 5 nitrogen and oxygen atoms in total. The summed E-state index contributed by atoms with van der Waals surface area (Å²) >= 11 is 0. The number of aliphatic hydroxyl groups excluding tert-OH is 1. The van der Waals surface area contributed by atoms with Crippen molar-refractivity contribution in [3.8, 4) is 11.5 Å². The van der Waals surface area contributed by atoms with Crippen LogP contribution in [0.2, 0.25) is 0 Å². The lowest BCUT2D eigenvalue weighted by atomic mass is 9.99. The number of carbonyl (C=O) groups is 1. The van der Waals surface area contributed by atoms with E-state index in [2.05, 4.69) is 6.07 Å². The lowest BCUT2D eigenvalue weighted by molar-refractivity contribution is -0.126. The minimum Gasteiger partial charge on any atom is -0.508 e. The predicted molar refractivity (Wildman–Crippen MR) is 91.6 cm³/mol. The Balaban J connectivity index is 1.93. The average molecular weight is 327 g/mol. The van der Waals surface area contributed by atoms with E-state index in [0.717, 1.165) is 11.1 Å². The van der Waals surface area contributed by atoms with Crippen molar-refractivity contribution in [3.63, 3.8) is 0 Å². The molecule has 5 heteroatoms. The number of aromatic hydroxyl groups is 1. The van der Waals surface area contributed by atoms with Gasteiger partial charge in [0.2, 0.25) is 0 Å². The normalized spacial score (nSPS) is 16.7. The van der Waals surface area contributed by atoms with Gasteiger partial charge in [-0.15, -0.1) is 0 Å². The van der Waals surface area contributed by atoms with Gasteiger partial charge in [0.1, 0.15) is 11.5 Å². The smallest absolute Gasteiger partial charge is 0.268 e. The molecule has 0 bridgehead atoms. The first kappa shape index (κ1) is 16.3. The second kappa shape index (κ2) is 6.53. The molecule has 0 aromatic heterocycles. The zero-order chi connectivity index (χ0) is 17.3. The molecule has 0 saturated carbocycles. The third-order valence-electron chi connectivity index (χ3n) is 4.27. The molecule has 2 aromatic carbocycles. The summed E-state index contributed by atoms with van der Waals surface area (Å²) in [6.07, 6.45) is -0.227. The third kappa shape index (κ3) is 3.08. The molecular weight excluding hydrogens is 306 g/mol. The van der Waals surface area contributed by atoms with E-state index in [0.29, 0.717) is 17.9 Å². The minimum atomic E-state index is -0.674. The largest absolute Gasteiger partial charge is 0.508 e. The van der Waals surface area contributed by atoms with Crippen molar-refractivity contribution in [2.45, 2.75) is 26.4 Å². The molecule has 3 rings (SSSR count). The maximum Gasteiger partial charge on any atom is 0.268 e. The number of benzene rings is 2. The van der Waals surface area contributed by atoms with Crippen molar-refractivity contribution >= 4 is 11.6 Å². The third-order valence-corrected chi connectivity index (χ3v) is 4.27. The molecule has 0 saturated heterocycles. The number of carbonyl (C=O) groups excluding carboxylic acids is 1. The van der Waals surface area contributed by atoms with Crippen molar-refractivity contribution in [1.29, 1.82) is 0 Å². The van der Waals surface area contributed by atoms with Crippen molar-refractivity contribution in [2.24, 2.45) is 0 Å². The fourth-order valence-electron chi connectivity index (χ4n) is 3.05. The number of aryl methyl sites for hydroxylation is 2. The van der Waals surface area contributed by atoms with Crippen LogP contribution < -0.4 is 9.64 Å². The summed E-state index contributed by atoms with van der Waals surface area (Å²) in [5.41, 5.74) is 3.90. The van der Waals surface area contributed by atoms with Crippen LogP contribution in [0.3, 0.4) is 0 Å². The SMILES string of the molecule is Cc1ccc(CC2Oc3cc(O)ccc3N(CCO)C2=O)c(C)c1. The number of anilines is 1. The number of nitrogens with zero attached hydrogens (tertiary/aromatic N) is 1. The quantitative estimate of drug-likeness (QED) is 0.904. The van der Waals surface area contributed by atoms with Crippen LogP contribution in [0.5, 0.6) is 11.5 Å². The van der Waals surface area contributed by atoms with Gasteiger partial charge in [0.05, 0.1) is 12.3 Å². The fourth-order valence-corrected chi connectivity index (χ4v) is 3.05. The van der Waals surface area contributed by atoms with Crippen LogP contribution in [0, 0.1) is 13.8 Å². The lowest BCUT2D eigenvalue weighted by Crippen LogP contribution is -2.48. The first-order valence-corrected chi connectivity index (χ1v) is 7.97. The summed E-state index contributed by atoms with van der Waals surface area (Å²) in [5, 5.41) is 19.0. The number of amides is 1. The number of phenols is 1. The Bertz CT molecular complexity index is 772. The van der Waals surface area contributed by atoms with Gasteiger partial charge < -0.3 is 19.8 Å². The van der Waals surface area contributed by atoms with E-state index < -0.39 is 6.10 Å². The number of ether oxygens (including phenoxy) is 1. The topological polar surface area (TPSA) is 70.0 Å². The number of phenolic OH excluding ortho intramolecular Hbond substituents is 1. The molecule has 0 spiro atoms. The number of β-amino-alcohol motifs (C(OH)–C–C–N with tert-alkyl or cyclic N) is 1. The van der Waals surface area contributed by atoms with Crippen LogP contribution in [0.25, 0.3) is 0 Å². The van der Waals surface area contributed by atoms with Crippen LogP contribution in [0.15, 0.2) is 36.4 Å². The van der Waals surface area contributed by atoms with Gasteiger partial charge in [-0.2, -0.15) is 0 Å². The maximum atomic E-state index is 12.8. The molecule has 2 N–H and O–H groups in total. The van der Waals surface area contributed by atoms with Gasteiger partial charge in [-0.3, -0.25) is 4.79 Å². The summed E-state index contributed by atoms with van der Waals surface area (Å²) in [4.78, 5) is 14.3. The Hall–Kier alpha value is -2.53. The first-order valence-electron chi connectivity index (χ1n) is 7.97. The van der Waals surface area contributed by atoms with Crippen LogP contribution in [0.4, 0.5) is 5.69 Å². The summed E-state index contributed by atoms with van der Waals surface area (Å²) in [6, 6.07) is 10.7. The summed E-state index contributed by atoms with van der Waals surface area (Å²) < 4.78 is 5.86. The molecule has 1 unspecified atom stereocenters. The Morgan fingerprint density at radius 2 is 1.96 bits per heavy atom. The van der Waals surface area contributed by atoms with Gasteiger partial charge in [0.15, 0.2) is 6.10 Å². The van der Waals surface area contributed by atoms with Crippen LogP contribution in [-0.4, -0.2) is 35.4 Å². The van der Waals surface area contributed by atoms with E-state index in [1.165, 1.54) is 22.6 Å². The van der Waals surface area contributed by atoms with Crippen molar-refractivity contribution < 1.29 is 19.7 Å². The lowest BCUT2D eigenvalue weighted by Gasteiger charge is -2.34. The van der Waals surface area contributed by atoms with Crippen LogP contribution >= 0.6 is 0 Å². The van der Waals surface area contributed by atoms with Gasteiger partial charge in [0, 0.05) is 19.0 Å². The van der Waals surface area contributed by atoms with Gasteiger partial charge in [-0.25, -0.2) is 0 Å². The monoisotopic (exact) mass is 327 g/mol. The Morgan fingerprint density at radius 3 is 2.67 bits per heavy atom. The van der Waals surface area contributed by atoms with E-state index >= 15 is 0 Å². The number of rotatable bonds is 4. The van der Waals surface area contributed by atoms with E-state index in [1.54, 1.807) is 6.07 Å². The van der Waals surface area contributed by atoms with Gasteiger partial charge in [0.25, 0.3) is 5.91 Å². The van der Waals surface area contributed by atoms with Gasteiger partial charge >= 0.3 is 0 Å². The molecule has 0 radical (unpaired) electrons. The zero-order valence-electron chi connectivity index (χ0n) is 13.8. The van der Waals surface area contributed by atoms with Crippen molar-refractivity contribution in [1.82, 2.24) is 0 Å². The molecule has 2 aromatic rings. The Morgan fingerprint density at radius 1 is 1.17 bits per heavy atom. The summed E-state index contributed by atoms with van der Waals surface area (Å²) in [6.45, 7) is 4.10. The molecule has 1 amide bonds. The van der Waals surface area contributed by atoms with Gasteiger partial charge in [-0.05, 0) is 37.1 Å². The van der Waals surface area contributed by atoms with E-state index in [4.69, 9.17) is 4.74 Å². The fraction of sp³-hybridized carbons (Fsp3) is 0.316. The number of hydrogen-bond acceptors (Lipinski definition) is 4. The molecule has 1 aliphatic heterocycles. The highest BCUT2D eigenvalue weighted by atomic mass is 16.5. The highest BCUT2D eigenvalue weighted by Crippen LogP contribution is 2.37. The van der Waals surface area contributed by atoms with Gasteiger partial charge in [-0.1, -0.05) is 23.8 Å². The van der Waals surface area contributed by atoms with Crippen molar-refractivity contribution in [2.75, 3.05) is 18.1 Å². The molecule has 0 aliphatic carbocycles. The van der Waals surface area contributed by atoms with Crippen LogP contribution in [-0.2, 0) is 11.2 Å². The highest BCUT2D eigenvalue weighted by Gasteiger charge is 2.34. The molecule has 1 aliphatic rings. The maximum absolute atomic E-state index is 12.8. The Labute approximate surface area is 141 Å². The second-order valence-electron chi connectivity index (χ2n) is 6.11. The molecule has 0 fully saturated rings. The predicted octanol–water partition coefficient (Wildman–Crippen LogP) is 2.34. The van der Waals surface area contributed by atoms with Crippen LogP contribution in [0.1, 0.15) is 16.7 Å². The Kier molecular flexibility index (Phi) is 4.44. The molecule has 1 atom stereocenters. The number of hydrogen-bond donors (Lipinski definition) is 2.